The number of ether oxygens (including phenoxy) is 2. The van der Waals surface area contributed by atoms with Gasteiger partial charge in [0.15, 0.2) is 22.8 Å². The Bertz CT molecular complexity index is 1460. The molecule has 0 radical (unpaired) electrons. The van der Waals surface area contributed by atoms with Crippen LogP contribution in [0.25, 0.3) is 22.4 Å². The zero-order chi connectivity index (χ0) is 26.7. The fraction of sp³-hybridized carbons (Fsp3) is 0.429. The van der Waals surface area contributed by atoms with Crippen LogP contribution in [-0.4, -0.2) is 69.6 Å². The van der Waals surface area contributed by atoms with E-state index >= 15 is 0 Å². The maximum atomic E-state index is 6.04. The zero-order valence-electron chi connectivity index (χ0n) is 22.8. The van der Waals surface area contributed by atoms with Gasteiger partial charge in [-0.25, -0.2) is 19.9 Å². The van der Waals surface area contributed by atoms with Crippen LogP contribution in [0.2, 0.25) is 25.7 Å². The molecule has 1 fully saturated rings. The van der Waals surface area contributed by atoms with E-state index in [1.165, 1.54) is 0 Å². The number of imidazole rings is 2. The van der Waals surface area contributed by atoms with Crippen LogP contribution in [-0.2, 0) is 23.3 Å². The lowest BCUT2D eigenvalue weighted by Crippen LogP contribution is -2.44. The number of hydrogen-bond donors (Lipinski definition) is 0. The molecule has 10 heteroatoms. The minimum absolute atomic E-state index is 0.185. The third-order valence-corrected chi connectivity index (χ3v) is 8.24. The normalized spacial score (nSPS) is 16.0. The Labute approximate surface area is 224 Å². The van der Waals surface area contributed by atoms with E-state index in [1.54, 1.807) is 6.33 Å². The zero-order valence-corrected chi connectivity index (χ0v) is 23.8. The van der Waals surface area contributed by atoms with Gasteiger partial charge in [-0.05, 0) is 24.8 Å². The second-order valence-electron chi connectivity index (χ2n) is 10.9. The van der Waals surface area contributed by atoms with Gasteiger partial charge in [-0.3, -0.25) is 4.57 Å². The van der Waals surface area contributed by atoms with Gasteiger partial charge in [-0.1, -0.05) is 50.0 Å². The molecule has 4 heterocycles. The molecule has 38 heavy (non-hydrogen) atoms. The van der Waals surface area contributed by atoms with Crippen molar-refractivity contribution in [3.8, 4) is 23.1 Å². The quantitative estimate of drug-likeness (QED) is 0.202. The lowest BCUT2D eigenvalue weighted by atomic mass is 10.2. The maximum Gasteiger partial charge on any atom is 0.209 e. The highest BCUT2D eigenvalue weighted by molar-refractivity contribution is 6.76. The third kappa shape index (κ3) is 5.96. The Kier molecular flexibility index (Phi) is 7.60. The first kappa shape index (κ1) is 26.1. The minimum Gasteiger partial charge on any atom is -0.377 e. The Morgan fingerprint density at radius 1 is 1.11 bits per heavy atom. The molecule has 0 saturated carbocycles. The molecule has 5 rings (SSSR count). The standard InChI is InChI=1S/C28H35N7O2Si/c1-21-18-36-14-13-35(21)28-26-27(33(2)19-29-26)31-24(32-28)11-12-25-30-23(22-9-7-6-8-10-22)17-34(25)20-37-15-16-38(3,4)5/h6-10,17,19,21H,13-16,18,20H2,1-5H3/t21-/m1/s1. The van der Waals surface area contributed by atoms with Crippen LogP contribution in [0.1, 0.15) is 18.6 Å². The molecule has 0 amide bonds. The maximum absolute atomic E-state index is 6.04. The van der Waals surface area contributed by atoms with E-state index in [4.69, 9.17) is 24.4 Å². The van der Waals surface area contributed by atoms with Crippen molar-refractivity contribution in [1.29, 1.82) is 0 Å². The van der Waals surface area contributed by atoms with Crippen LogP contribution in [0, 0.1) is 11.8 Å². The predicted octanol–water partition coefficient (Wildman–Crippen LogP) is 4.16. The van der Waals surface area contributed by atoms with Gasteiger partial charge in [0.25, 0.3) is 0 Å². The Morgan fingerprint density at radius 3 is 2.68 bits per heavy atom. The van der Waals surface area contributed by atoms with Crippen molar-refractivity contribution in [3.63, 3.8) is 0 Å². The first-order valence-electron chi connectivity index (χ1n) is 13.0. The van der Waals surface area contributed by atoms with Crippen LogP contribution >= 0.6 is 0 Å². The van der Waals surface area contributed by atoms with E-state index in [1.807, 2.05) is 52.7 Å². The fourth-order valence-corrected chi connectivity index (χ4v) is 5.06. The highest BCUT2D eigenvalue weighted by atomic mass is 28.3. The SMILES string of the molecule is C[C@@H]1COCCN1c1nc(C#Cc2nc(-c3ccccc3)cn2COCC[Si](C)(C)C)nc2c1ncn2C. The van der Waals surface area contributed by atoms with Crippen LogP contribution in [0.15, 0.2) is 42.9 Å². The number of morpholine rings is 1. The number of rotatable bonds is 7. The summed E-state index contributed by atoms with van der Waals surface area (Å²) in [6.45, 7) is 12.4. The van der Waals surface area contributed by atoms with Gasteiger partial charge in [0, 0.05) is 40.0 Å². The fourth-order valence-electron chi connectivity index (χ4n) is 4.31. The summed E-state index contributed by atoms with van der Waals surface area (Å²) in [5, 5.41) is 0. The van der Waals surface area contributed by atoms with Crippen molar-refractivity contribution in [2.24, 2.45) is 7.05 Å². The topological polar surface area (TPSA) is 83.1 Å². The number of hydrogen-bond acceptors (Lipinski definition) is 7. The molecule has 198 valence electrons. The molecule has 1 aliphatic rings. The number of nitrogens with zero attached hydrogens (tertiary/aromatic N) is 7. The monoisotopic (exact) mass is 529 g/mol. The largest absolute Gasteiger partial charge is 0.377 e. The van der Waals surface area contributed by atoms with E-state index in [2.05, 4.69) is 48.3 Å². The molecular weight excluding hydrogens is 494 g/mol. The second-order valence-corrected chi connectivity index (χ2v) is 16.5. The molecule has 0 N–H and O–H groups in total. The molecule has 0 aliphatic carbocycles. The summed E-state index contributed by atoms with van der Waals surface area (Å²) in [6, 6.07) is 11.4. The van der Waals surface area contributed by atoms with Crippen molar-refractivity contribution < 1.29 is 9.47 Å². The average Bonchev–Trinajstić information content (AvgIpc) is 3.49. The minimum atomic E-state index is -1.18. The molecule has 1 aromatic carbocycles. The highest BCUT2D eigenvalue weighted by Gasteiger charge is 2.24. The molecule has 9 nitrogen and oxygen atoms in total. The van der Waals surface area contributed by atoms with Gasteiger partial charge in [0.2, 0.25) is 5.82 Å². The molecular formula is C28H35N7O2Si. The van der Waals surface area contributed by atoms with Crippen molar-refractivity contribution >= 4 is 25.1 Å². The average molecular weight is 530 g/mol. The van der Waals surface area contributed by atoms with E-state index in [0.29, 0.717) is 31.6 Å². The van der Waals surface area contributed by atoms with Crippen molar-refractivity contribution in [2.75, 3.05) is 31.3 Å². The summed E-state index contributed by atoms with van der Waals surface area (Å²) in [4.78, 5) is 21.2. The van der Waals surface area contributed by atoms with Crippen LogP contribution < -0.4 is 4.90 Å². The Morgan fingerprint density at radius 2 is 1.92 bits per heavy atom. The van der Waals surface area contributed by atoms with Crippen molar-refractivity contribution in [1.82, 2.24) is 29.1 Å². The number of fused-ring (bicyclic) bond motifs is 1. The molecule has 1 aliphatic heterocycles. The van der Waals surface area contributed by atoms with Gasteiger partial charge >= 0.3 is 0 Å². The number of benzene rings is 1. The van der Waals surface area contributed by atoms with Crippen molar-refractivity contribution in [2.45, 2.75) is 45.4 Å². The molecule has 1 atom stereocenters. The molecule has 1 saturated heterocycles. The Hall–Kier alpha value is -3.52. The molecule has 3 aromatic heterocycles. The predicted molar refractivity (Wildman–Crippen MR) is 152 cm³/mol. The third-order valence-electron chi connectivity index (χ3n) is 6.54. The van der Waals surface area contributed by atoms with E-state index < -0.39 is 8.07 Å². The van der Waals surface area contributed by atoms with Gasteiger partial charge < -0.3 is 18.9 Å². The second kappa shape index (κ2) is 11.1. The van der Waals surface area contributed by atoms with Crippen molar-refractivity contribution in [3.05, 3.63) is 54.5 Å². The molecule has 0 unspecified atom stereocenters. The lowest BCUT2D eigenvalue weighted by Gasteiger charge is -2.34. The smallest absolute Gasteiger partial charge is 0.209 e. The van der Waals surface area contributed by atoms with Crippen LogP contribution in [0.3, 0.4) is 0 Å². The number of anilines is 1. The summed E-state index contributed by atoms with van der Waals surface area (Å²) < 4.78 is 15.5. The van der Waals surface area contributed by atoms with E-state index in [0.717, 1.165) is 47.4 Å². The first-order chi connectivity index (χ1) is 18.3. The van der Waals surface area contributed by atoms with E-state index in [9.17, 15) is 0 Å². The highest BCUT2D eigenvalue weighted by Crippen LogP contribution is 2.25. The molecule has 0 spiro atoms. The molecule has 4 aromatic rings. The van der Waals surface area contributed by atoms with E-state index in [-0.39, 0.29) is 6.04 Å². The van der Waals surface area contributed by atoms with Crippen LogP contribution in [0.4, 0.5) is 5.82 Å². The lowest BCUT2D eigenvalue weighted by molar-refractivity contribution is 0.0866. The van der Waals surface area contributed by atoms with Gasteiger partial charge in [-0.2, -0.15) is 0 Å². The summed E-state index contributed by atoms with van der Waals surface area (Å²) >= 11 is 0. The van der Waals surface area contributed by atoms with Crippen LogP contribution in [0.5, 0.6) is 0 Å². The summed E-state index contributed by atoms with van der Waals surface area (Å²) in [5.41, 5.74) is 3.42. The number of aromatic nitrogens is 6. The van der Waals surface area contributed by atoms with Gasteiger partial charge in [0.05, 0.1) is 31.3 Å². The number of aryl methyl sites for hydroxylation is 1. The van der Waals surface area contributed by atoms with Gasteiger partial charge in [-0.15, -0.1) is 0 Å². The Balaban J connectivity index is 1.49. The molecule has 0 bridgehead atoms. The first-order valence-corrected chi connectivity index (χ1v) is 16.7. The summed E-state index contributed by atoms with van der Waals surface area (Å²) in [7, 11) is 0.758. The summed E-state index contributed by atoms with van der Waals surface area (Å²) in [6.07, 6.45) is 3.77. The summed E-state index contributed by atoms with van der Waals surface area (Å²) in [5.74, 6) is 8.25. The van der Waals surface area contributed by atoms with Gasteiger partial charge in [0.1, 0.15) is 6.73 Å².